The van der Waals surface area contributed by atoms with Crippen molar-refractivity contribution in [3.63, 3.8) is 0 Å². The number of terminal acetylenes is 1. The van der Waals surface area contributed by atoms with E-state index in [9.17, 15) is 15.0 Å². The van der Waals surface area contributed by atoms with Crippen molar-refractivity contribution < 1.29 is 19.8 Å². The zero-order chi connectivity index (χ0) is 27.1. The van der Waals surface area contributed by atoms with Crippen LogP contribution < -0.4 is 5.32 Å². The molecule has 3 saturated carbocycles. The van der Waals surface area contributed by atoms with Gasteiger partial charge in [-0.2, -0.15) is 0 Å². The predicted octanol–water partition coefficient (Wildman–Crippen LogP) is 4.24. The fourth-order valence-electron chi connectivity index (χ4n) is 8.13. The standard InChI is InChI=1S/C31H41N3O4/c1-5-31(37)15-12-26-24-9-8-22-16-23(10-13-29(22,3)25(24)11-14-30(26,31)4)34-38-19-28(36)33-18-27(35)21-7-6-20(2)32-17-21/h1,6-7,16-17,24-27,35,37H,8-15,18-19H2,2-4H3,(H,33,36)/t24-,25-,26-,27-,29+,30+,31-/m1/s1. The molecule has 0 aliphatic heterocycles. The Morgan fingerprint density at radius 3 is 2.76 bits per heavy atom. The Balaban J connectivity index is 1.16. The lowest BCUT2D eigenvalue weighted by molar-refractivity contribution is -0.126. The predicted molar refractivity (Wildman–Crippen MR) is 146 cm³/mol. The van der Waals surface area contributed by atoms with Gasteiger partial charge in [0.05, 0.1) is 11.8 Å². The number of hydrogen-bond acceptors (Lipinski definition) is 6. The van der Waals surface area contributed by atoms with Gasteiger partial charge in [0.1, 0.15) is 5.60 Å². The molecule has 3 N–H and O–H groups in total. The van der Waals surface area contributed by atoms with E-state index in [1.807, 2.05) is 13.0 Å². The second kappa shape index (κ2) is 10.1. The number of nitrogens with one attached hydrogen (secondary N) is 1. The molecule has 0 saturated heterocycles. The number of aromatic nitrogens is 1. The lowest BCUT2D eigenvalue weighted by Crippen LogP contribution is -2.54. The number of aliphatic hydroxyl groups excluding tert-OH is 1. The molecule has 0 unspecified atom stereocenters. The van der Waals surface area contributed by atoms with Crippen LogP contribution in [0.3, 0.4) is 0 Å². The number of allylic oxidation sites excluding steroid dienone is 2. The van der Waals surface area contributed by atoms with E-state index in [4.69, 9.17) is 11.3 Å². The average Bonchev–Trinajstić information content (AvgIpc) is 3.18. The summed E-state index contributed by atoms with van der Waals surface area (Å²) >= 11 is 0. The van der Waals surface area contributed by atoms with Crippen molar-refractivity contribution in [3.05, 3.63) is 41.2 Å². The minimum Gasteiger partial charge on any atom is -0.387 e. The fourth-order valence-corrected chi connectivity index (χ4v) is 8.13. The van der Waals surface area contributed by atoms with E-state index >= 15 is 0 Å². The van der Waals surface area contributed by atoms with Crippen LogP contribution in [0.5, 0.6) is 0 Å². The first kappa shape index (κ1) is 26.9. The molecule has 1 heterocycles. The summed E-state index contributed by atoms with van der Waals surface area (Å²) in [6.45, 7) is 6.43. The first-order valence-corrected chi connectivity index (χ1v) is 14.1. The zero-order valence-corrected chi connectivity index (χ0v) is 22.9. The zero-order valence-electron chi connectivity index (χ0n) is 22.9. The van der Waals surface area contributed by atoms with Crippen LogP contribution in [0.1, 0.15) is 82.6 Å². The molecule has 38 heavy (non-hydrogen) atoms. The molecule has 5 rings (SSSR count). The largest absolute Gasteiger partial charge is 0.387 e. The van der Waals surface area contributed by atoms with Gasteiger partial charge in [-0.25, -0.2) is 0 Å². The Morgan fingerprint density at radius 2 is 2.03 bits per heavy atom. The molecule has 204 valence electrons. The fraction of sp³-hybridized carbons (Fsp3) is 0.645. The van der Waals surface area contributed by atoms with Gasteiger partial charge >= 0.3 is 0 Å². The molecule has 1 amide bonds. The van der Waals surface area contributed by atoms with Gasteiger partial charge < -0.3 is 20.4 Å². The van der Waals surface area contributed by atoms with Crippen LogP contribution >= 0.6 is 0 Å². The molecule has 0 spiro atoms. The van der Waals surface area contributed by atoms with E-state index in [2.05, 4.69) is 41.3 Å². The molecule has 0 aromatic carbocycles. The molecule has 0 radical (unpaired) electrons. The topological polar surface area (TPSA) is 104 Å². The maximum Gasteiger partial charge on any atom is 0.260 e. The molecule has 4 aliphatic rings. The van der Waals surface area contributed by atoms with Gasteiger partial charge in [0.15, 0.2) is 6.61 Å². The van der Waals surface area contributed by atoms with Gasteiger partial charge in [-0.15, -0.1) is 6.42 Å². The van der Waals surface area contributed by atoms with Crippen molar-refractivity contribution in [2.45, 2.75) is 83.8 Å². The summed E-state index contributed by atoms with van der Waals surface area (Å²) in [7, 11) is 0. The van der Waals surface area contributed by atoms with Crippen LogP contribution in [0.2, 0.25) is 0 Å². The average molecular weight is 520 g/mol. The Kier molecular flexibility index (Phi) is 7.17. The molecule has 7 atom stereocenters. The van der Waals surface area contributed by atoms with Crippen molar-refractivity contribution >= 4 is 11.6 Å². The SMILES string of the molecule is C#C[C@@]1(O)CC[C@@H]2[C@@H]3CCC4=CC(=NOCC(=O)NC[C@@H](O)c5ccc(C)nc5)CC[C@]4(C)[C@@H]3CC[C@@]21C. The number of pyridine rings is 1. The third kappa shape index (κ3) is 4.56. The number of rotatable bonds is 6. The number of carbonyl (C=O) groups excluding carboxylic acids is 1. The number of fused-ring (bicyclic) bond motifs is 5. The lowest BCUT2D eigenvalue weighted by Gasteiger charge is -2.58. The highest BCUT2D eigenvalue weighted by atomic mass is 16.6. The van der Waals surface area contributed by atoms with Crippen LogP contribution in [-0.2, 0) is 9.63 Å². The third-order valence-electron chi connectivity index (χ3n) is 10.6. The van der Waals surface area contributed by atoms with E-state index in [1.165, 1.54) is 5.57 Å². The molecule has 3 fully saturated rings. The molecule has 1 aromatic heterocycles. The number of oxime groups is 1. The van der Waals surface area contributed by atoms with Crippen molar-refractivity contribution in [2.24, 2.45) is 33.7 Å². The van der Waals surface area contributed by atoms with Gasteiger partial charge in [0.2, 0.25) is 0 Å². The van der Waals surface area contributed by atoms with Gasteiger partial charge in [0.25, 0.3) is 5.91 Å². The van der Waals surface area contributed by atoms with Gasteiger partial charge in [-0.3, -0.25) is 9.78 Å². The number of hydrogen-bond donors (Lipinski definition) is 3. The van der Waals surface area contributed by atoms with Gasteiger partial charge in [-0.05, 0) is 93.6 Å². The summed E-state index contributed by atoms with van der Waals surface area (Å²) in [5.74, 6) is 4.13. The minimum atomic E-state index is -0.967. The first-order chi connectivity index (χ1) is 18.1. The number of aryl methyl sites for hydroxylation is 1. The molecular formula is C31H41N3O4. The van der Waals surface area contributed by atoms with Crippen molar-refractivity contribution in [1.82, 2.24) is 10.3 Å². The summed E-state index contributed by atoms with van der Waals surface area (Å²) in [6, 6.07) is 3.63. The maximum absolute atomic E-state index is 12.2. The molecule has 7 heteroatoms. The maximum atomic E-state index is 12.2. The smallest absolute Gasteiger partial charge is 0.260 e. The Labute approximate surface area is 226 Å². The Morgan fingerprint density at radius 1 is 1.24 bits per heavy atom. The summed E-state index contributed by atoms with van der Waals surface area (Å²) in [5, 5.41) is 28.4. The summed E-state index contributed by atoms with van der Waals surface area (Å²) in [6.07, 6.45) is 16.6. The first-order valence-electron chi connectivity index (χ1n) is 14.1. The van der Waals surface area contributed by atoms with E-state index in [-0.39, 0.29) is 29.9 Å². The molecule has 1 aromatic rings. The van der Waals surface area contributed by atoms with Gasteiger partial charge in [-0.1, -0.05) is 36.6 Å². The number of aliphatic hydroxyl groups is 2. The minimum absolute atomic E-state index is 0.0905. The van der Waals surface area contributed by atoms with Crippen LogP contribution in [0.4, 0.5) is 0 Å². The van der Waals surface area contributed by atoms with Crippen LogP contribution in [0.25, 0.3) is 0 Å². The molecular weight excluding hydrogens is 478 g/mol. The second-order valence-electron chi connectivity index (χ2n) is 12.4. The van der Waals surface area contributed by atoms with E-state index in [0.717, 1.165) is 62.8 Å². The Bertz CT molecular complexity index is 1170. The van der Waals surface area contributed by atoms with Crippen LogP contribution in [0.15, 0.2) is 35.1 Å². The van der Waals surface area contributed by atoms with Crippen molar-refractivity contribution in [3.8, 4) is 12.3 Å². The quantitative estimate of drug-likeness (QED) is 0.385. The molecule has 4 aliphatic carbocycles. The molecule has 7 nitrogen and oxygen atoms in total. The van der Waals surface area contributed by atoms with Gasteiger partial charge in [0, 0.05) is 29.4 Å². The Hall–Kier alpha value is -2.69. The number of amides is 1. The summed E-state index contributed by atoms with van der Waals surface area (Å²) < 4.78 is 0. The van der Waals surface area contributed by atoms with Crippen LogP contribution in [-0.4, -0.2) is 45.6 Å². The third-order valence-corrected chi connectivity index (χ3v) is 10.6. The highest BCUT2D eigenvalue weighted by Gasteiger charge is 2.63. The van der Waals surface area contributed by atoms with E-state index in [1.54, 1.807) is 12.3 Å². The van der Waals surface area contributed by atoms with Crippen molar-refractivity contribution in [2.75, 3.05) is 13.2 Å². The lowest BCUT2D eigenvalue weighted by atomic mass is 9.46. The van der Waals surface area contributed by atoms with Crippen LogP contribution in [0, 0.1) is 47.9 Å². The monoisotopic (exact) mass is 519 g/mol. The summed E-state index contributed by atoms with van der Waals surface area (Å²) in [4.78, 5) is 21.8. The van der Waals surface area contributed by atoms with E-state index in [0.29, 0.717) is 23.3 Å². The van der Waals surface area contributed by atoms with E-state index < -0.39 is 11.7 Å². The number of nitrogens with zero attached hydrogens (tertiary/aromatic N) is 2. The number of carbonyl (C=O) groups is 1. The highest BCUT2D eigenvalue weighted by Crippen LogP contribution is 2.67. The highest BCUT2D eigenvalue weighted by molar-refractivity contribution is 5.96. The molecule has 0 bridgehead atoms. The van der Waals surface area contributed by atoms with Crippen molar-refractivity contribution in [1.29, 1.82) is 0 Å². The normalized spacial score (nSPS) is 37.7. The summed E-state index contributed by atoms with van der Waals surface area (Å²) in [5.41, 5.74) is 2.86. The second-order valence-corrected chi connectivity index (χ2v) is 12.4.